The zero-order chi connectivity index (χ0) is 16.5. The van der Waals surface area contributed by atoms with Crippen LogP contribution in [0.4, 0.5) is 0 Å². The number of rotatable bonds is 4. The number of benzene rings is 2. The van der Waals surface area contributed by atoms with Crippen LogP contribution in [-0.2, 0) is 13.1 Å². The van der Waals surface area contributed by atoms with Crippen molar-refractivity contribution in [1.82, 2.24) is 19.3 Å². The topological polar surface area (TPSA) is 55.6 Å². The highest BCUT2D eigenvalue weighted by Crippen LogP contribution is 2.17. The lowest BCUT2D eigenvalue weighted by molar-refractivity contribution is 0.668. The summed E-state index contributed by atoms with van der Waals surface area (Å²) in [5, 5.41) is 7.17. The molecule has 0 aliphatic rings. The van der Waals surface area contributed by atoms with Crippen LogP contribution >= 0.6 is 23.6 Å². The van der Waals surface area contributed by atoms with E-state index >= 15 is 0 Å². The molecule has 5 nitrogen and oxygen atoms in total. The van der Waals surface area contributed by atoms with E-state index in [1.165, 1.54) is 11.3 Å². The van der Waals surface area contributed by atoms with Gasteiger partial charge in [0.1, 0.15) is 0 Å². The number of para-hydroxylation sites is 1. The van der Waals surface area contributed by atoms with Crippen molar-refractivity contribution in [3.63, 3.8) is 0 Å². The van der Waals surface area contributed by atoms with Crippen LogP contribution in [0.5, 0.6) is 0 Å². The Balaban J connectivity index is 1.74. The predicted octanol–water partition coefficient (Wildman–Crippen LogP) is 3.41. The van der Waals surface area contributed by atoms with E-state index in [4.69, 9.17) is 12.2 Å². The van der Waals surface area contributed by atoms with Gasteiger partial charge in [-0.15, -0.1) is 0 Å². The number of hydrogen-bond acceptors (Lipinski definition) is 4. The Hall–Kier alpha value is -2.51. The molecular weight excluding hydrogens is 340 g/mol. The van der Waals surface area contributed by atoms with Crippen LogP contribution in [0.1, 0.15) is 11.4 Å². The molecule has 0 atom stereocenters. The number of hydrogen-bond donors (Lipinski definition) is 1. The molecule has 0 amide bonds. The second kappa shape index (κ2) is 6.18. The van der Waals surface area contributed by atoms with Crippen LogP contribution in [0.3, 0.4) is 0 Å². The molecule has 24 heavy (non-hydrogen) atoms. The highest BCUT2D eigenvalue weighted by Gasteiger charge is 2.12. The number of fused-ring (bicyclic) bond motifs is 1. The Bertz CT molecular complexity index is 1100. The number of thiazole rings is 1. The van der Waals surface area contributed by atoms with E-state index in [2.05, 4.69) is 10.2 Å². The first-order valence-electron chi connectivity index (χ1n) is 7.49. The first kappa shape index (κ1) is 15.0. The van der Waals surface area contributed by atoms with E-state index in [0.717, 1.165) is 21.6 Å². The minimum absolute atomic E-state index is 0.0105. The quantitative estimate of drug-likeness (QED) is 0.571. The van der Waals surface area contributed by atoms with Gasteiger partial charge in [-0.1, -0.05) is 53.8 Å². The summed E-state index contributed by atoms with van der Waals surface area (Å²) in [6, 6.07) is 17.9. The summed E-state index contributed by atoms with van der Waals surface area (Å²) < 4.78 is 5.21. The summed E-state index contributed by atoms with van der Waals surface area (Å²) in [6.07, 6.45) is 0. The maximum atomic E-state index is 12.3. The lowest BCUT2D eigenvalue weighted by Gasteiger charge is -2.08. The second-order valence-electron chi connectivity index (χ2n) is 5.44. The van der Waals surface area contributed by atoms with Crippen molar-refractivity contribution < 1.29 is 0 Å². The van der Waals surface area contributed by atoms with Gasteiger partial charge in [-0.05, 0) is 29.9 Å². The highest BCUT2D eigenvalue weighted by atomic mass is 32.1. The van der Waals surface area contributed by atoms with E-state index in [-0.39, 0.29) is 4.87 Å². The van der Waals surface area contributed by atoms with Crippen LogP contribution in [0, 0.1) is 4.77 Å². The van der Waals surface area contributed by atoms with Crippen molar-refractivity contribution in [2.24, 2.45) is 0 Å². The van der Waals surface area contributed by atoms with Crippen molar-refractivity contribution in [2.45, 2.75) is 13.1 Å². The Morgan fingerprint density at radius 2 is 1.75 bits per heavy atom. The third-order valence-electron chi connectivity index (χ3n) is 3.89. The molecule has 0 aliphatic heterocycles. The summed E-state index contributed by atoms with van der Waals surface area (Å²) in [5.74, 6) is 0.745. The minimum atomic E-state index is 0.0105. The van der Waals surface area contributed by atoms with Gasteiger partial charge in [0.15, 0.2) is 10.6 Å². The molecule has 1 N–H and O–H groups in total. The Morgan fingerprint density at radius 3 is 2.58 bits per heavy atom. The van der Waals surface area contributed by atoms with Gasteiger partial charge < -0.3 is 0 Å². The van der Waals surface area contributed by atoms with Gasteiger partial charge in [-0.2, -0.15) is 5.10 Å². The van der Waals surface area contributed by atoms with E-state index in [0.29, 0.717) is 17.9 Å². The number of H-pyrrole nitrogens is 1. The standard InChI is InChI=1S/C17H14N4OS2/c22-17-20(13-8-4-5-9-14(13)24-17)11-15-18-19-16(23)21(15)10-12-6-2-1-3-7-12/h1-9H,10-11H2,(H,19,23). The summed E-state index contributed by atoms with van der Waals surface area (Å²) >= 11 is 6.61. The highest BCUT2D eigenvalue weighted by molar-refractivity contribution is 7.71. The molecule has 0 spiro atoms. The first-order chi connectivity index (χ1) is 11.7. The van der Waals surface area contributed by atoms with E-state index in [9.17, 15) is 4.79 Å². The molecule has 0 saturated heterocycles. The average molecular weight is 354 g/mol. The Labute approximate surface area is 146 Å². The maximum absolute atomic E-state index is 12.3. The molecule has 0 unspecified atom stereocenters. The van der Waals surface area contributed by atoms with Gasteiger partial charge in [-0.3, -0.25) is 19.0 Å². The van der Waals surface area contributed by atoms with Crippen molar-refractivity contribution in [2.75, 3.05) is 0 Å². The molecule has 0 aliphatic carbocycles. The van der Waals surface area contributed by atoms with Crippen LogP contribution in [-0.4, -0.2) is 19.3 Å². The molecule has 2 aromatic carbocycles. The fourth-order valence-electron chi connectivity index (χ4n) is 2.71. The zero-order valence-electron chi connectivity index (χ0n) is 12.7. The van der Waals surface area contributed by atoms with Crippen molar-refractivity contribution >= 4 is 33.8 Å². The lowest BCUT2D eigenvalue weighted by atomic mass is 10.2. The maximum Gasteiger partial charge on any atom is 0.308 e. The first-order valence-corrected chi connectivity index (χ1v) is 8.71. The summed E-state index contributed by atoms with van der Waals surface area (Å²) in [7, 11) is 0. The molecule has 2 heterocycles. The molecule has 2 aromatic heterocycles. The van der Waals surface area contributed by atoms with Gasteiger partial charge in [0.25, 0.3) is 0 Å². The summed E-state index contributed by atoms with van der Waals surface area (Å²) in [5.41, 5.74) is 2.06. The van der Waals surface area contributed by atoms with Crippen LogP contribution < -0.4 is 4.87 Å². The molecule has 120 valence electrons. The zero-order valence-corrected chi connectivity index (χ0v) is 14.3. The Kier molecular flexibility index (Phi) is 3.87. The largest absolute Gasteiger partial charge is 0.308 e. The van der Waals surface area contributed by atoms with Gasteiger partial charge in [0.2, 0.25) is 0 Å². The van der Waals surface area contributed by atoms with Gasteiger partial charge in [0, 0.05) is 0 Å². The summed E-state index contributed by atoms with van der Waals surface area (Å²) in [4.78, 5) is 12.3. The predicted molar refractivity (Wildman–Crippen MR) is 98.1 cm³/mol. The molecule has 7 heteroatoms. The third-order valence-corrected chi connectivity index (χ3v) is 5.17. The monoisotopic (exact) mass is 354 g/mol. The molecular formula is C17H14N4OS2. The summed E-state index contributed by atoms with van der Waals surface area (Å²) in [6.45, 7) is 1.02. The molecule has 0 bridgehead atoms. The van der Waals surface area contributed by atoms with Gasteiger partial charge >= 0.3 is 4.87 Å². The normalized spacial score (nSPS) is 11.2. The fourth-order valence-corrected chi connectivity index (χ4v) is 3.81. The molecule has 0 saturated carbocycles. The lowest BCUT2D eigenvalue weighted by Crippen LogP contribution is -2.17. The van der Waals surface area contributed by atoms with Crippen molar-refractivity contribution in [3.8, 4) is 0 Å². The van der Waals surface area contributed by atoms with Gasteiger partial charge in [-0.25, -0.2) is 0 Å². The average Bonchev–Trinajstić information content (AvgIpc) is 3.10. The number of aromatic nitrogens is 4. The SMILES string of the molecule is O=c1sc2ccccc2n1Cc1n[nH]c(=S)n1Cc1ccccc1. The van der Waals surface area contributed by atoms with E-state index in [1.54, 1.807) is 4.57 Å². The molecule has 4 rings (SSSR count). The van der Waals surface area contributed by atoms with Crippen LogP contribution in [0.2, 0.25) is 0 Å². The van der Waals surface area contributed by atoms with E-state index in [1.807, 2.05) is 59.2 Å². The fraction of sp³-hybridized carbons (Fsp3) is 0.118. The second-order valence-corrected chi connectivity index (χ2v) is 6.82. The molecule has 4 aromatic rings. The molecule has 0 fully saturated rings. The van der Waals surface area contributed by atoms with Crippen molar-refractivity contribution in [3.05, 3.63) is 80.4 Å². The number of nitrogens with one attached hydrogen (secondary N) is 1. The van der Waals surface area contributed by atoms with Gasteiger partial charge in [0.05, 0.1) is 23.3 Å². The minimum Gasteiger partial charge on any atom is -0.298 e. The smallest absolute Gasteiger partial charge is 0.298 e. The van der Waals surface area contributed by atoms with Crippen LogP contribution in [0.25, 0.3) is 10.2 Å². The number of nitrogens with zero attached hydrogens (tertiary/aromatic N) is 3. The number of aromatic amines is 1. The molecule has 0 radical (unpaired) electrons. The third kappa shape index (κ3) is 2.72. The Morgan fingerprint density at radius 1 is 1.00 bits per heavy atom. The van der Waals surface area contributed by atoms with E-state index < -0.39 is 0 Å². The van der Waals surface area contributed by atoms with Crippen molar-refractivity contribution in [1.29, 1.82) is 0 Å². The van der Waals surface area contributed by atoms with Crippen LogP contribution in [0.15, 0.2) is 59.4 Å².